The minimum atomic E-state index is -0.381. The molecule has 2 aromatic heterocycles. The number of furan rings is 1. The Morgan fingerprint density at radius 1 is 0.938 bits per heavy atom. The van der Waals surface area contributed by atoms with E-state index >= 15 is 0 Å². The van der Waals surface area contributed by atoms with Crippen molar-refractivity contribution in [1.29, 1.82) is 0 Å². The molecule has 158 valence electrons. The first-order chi connectivity index (χ1) is 15.5. The van der Waals surface area contributed by atoms with Crippen LogP contribution in [0, 0.1) is 20.8 Å². The third-order valence-corrected chi connectivity index (χ3v) is 5.78. The van der Waals surface area contributed by atoms with Crippen LogP contribution in [0.1, 0.15) is 33.1 Å². The average Bonchev–Trinajstić information content (AvgIpc) is 3.36. The van der Waals surface area contributed by atoms with Crippen LogP contribution >= 0.6 is 0 Å². The van der Waals surface area contributed by atoms with Gasteiger partial charge in [-0.2, -0.15) is 5.10 Å². The molecule has 5 heteroatoms. The molecule has 0 radical (unpaired) electrons. The number of hydrogen-bond acceptors (Lipinski definition) is 3. The largest absolute Gasteiger partial charge is 0.451 e. The first-order valence-corrected chi connectivity index (χ1v) is 10.5. The van der Waals surface area contributed by atoms with Crippen LogP contribution in [-0.2, 0) is 0 Å². The lowest BCUT2D eigenvalue weighted by molar-refractivity contribution is 0.0929. The number of hydrazone groups is 1. The SMILES string of the molecule is Cc1ccc(-n2c(C)cc(/C=N\NC(=O)c3cc4c(ccc5ccccc54)o3)c2C)cc1. The highest BCUT2D eigenvalue weighted by Crippen LogP contribution is 2.28. The fraction of sp³-hybridized carbons (Fsp3) is 0.111. The Bertz CT molecular complexity index is 1490. The van der Waals surface area contributed by atoms with Crippen LogP contribution < -0.4 is 5.43 Å². The van der Waals surface area contributed by atoms with Gasteiger partial charge < -0.3 is 8.98 Å². The molecular formula is C27H23N3O2. The van der Waals surface area contributed by atoms with Crippen LogP contribution in [-0.4, -0.2) is 16.7 Å². The van der Waals surface area contributed by atoms with Crippen LogP contribution in [0.15, 0.2) is 82.3 Å². The van der Waals surface area contributed by atoms with Gasteiger partial charge in [-0.15, -0.1) is 0 Å². The van der Waals surface area contributed by atoms with Gasteiger partial charge in [0.05, 0.1) is 6.21 Å². The van der Waals surface area contributed by atoms with Crippen LogP contribution in [0.3, 0.4) is 0 Å². The Balaban J connectivity index is 1.37. The summed E-state index contributed by atoms with van der Waals surface area (Å²) >= 11 is 0. The molecule has 5 aromatic rings. The second-order valence-electron chi connectivity index (χ2n) is 8.01. The molecule has 2 heterocycles. The van der Waals surface area contributed by atoms with E-state index in [9.17, 15) is 4.79 Å². The van der Waals surface area contributed by atoms with Gasteiger partial charge in [0.1, 0.15) is 5.58 Å². The highest BCUT2D eigenvalue weighted by Gasteiger charge is 2.14. The highest BCUT2D eigenvalue weighted by atomic mass is 16.3. The molecule has 32 heavy (non-hydrogen) atoms. The van der Waals surface area contributed by atoms with Crippen molar-refractivity contribution in [2.75, 3.05) is 0 Å². The summed E-state index contributed by atoms with van der Waals surface area (Å²) in [5.41, 5.74) is 8.69. The van der Waals surface area contributed by atoms with Crippen molar-refractivity contribution < 1.29 is 9.21 Å². The third-order valence-electron chi connectivity index (χ3n) is 5.78. The molecular weight excluding hydrogens is 398 g/mol. The summed E-state index contributed by atoms with van der Waals surface area (Å²) in [6.07, 6.45) is 1.67. The molecule has 1 amide bonds. The summed E-state index contributed by atoms with van der Waals surface area (Å²) in [4.78, 5) is 12.6. The van der Waals surface area contributed by atoms with Crippen molar-refractivity contribution in [3.63, 3.8) is 0 Å². The molecule has 0 aliphatic carbocycles. The molecule has 5 rings (SSSR count). The van der Waals surface area contributed by atoms with E-state index in [4.69, 9.17) is 4.42 Å². The lowest BCUT2D eigenvalue weighted by Crippen LogP contribution is -2.16. The molecule has 0 spiro atoms. The fourth-order valence-corrected chi connectivity index (χ4v) is 4.13. The minimum absolute atomic E-state index is 0.235. The van der Waals surface area contributed by atoms with Crippen molar-refractivity contribution in [3.05, 3.63) is 101 Å². The number of hydrogen-bond donors (Lipinski definition) is 1. The van der Waals surface area contributed by atoms with E-state index in [-0.39, 0.29) is 11.7 Å². The predicted octanol–water partition coefficient (Wildman–Crippen LogP) is 6.07. The van der Waals surface area contributed by atoms with Gasteiger partial charge in [0.15, 0.2) is 5.76 Å². The number of nitrogens with one attached hydrogen (secondary N) is 1. The van der Waals surface area contributed by atoms with Gasteiger partial charge >= 0.3 is 5.91 Å². The molecule has 0 aliphatic rings. The van der Waals surface area contributed by atoms with Gasteiger partial charge in [-0.3, -0.25) is 4.79 Å². The van der Waals surface area contributed by atoms with E-state index in [1.54, 1.807) is 12.3 Å². The van der Waals surface area contributed by atoms with Crippen molar-refractivity contribution in [2.24, 2.45) is 5.10 Å². The summed E-state index contributed by atoms with van der Waals surface area (Å²) in [6.45, 7) is 6.17. The molecule has 0 unspecified atom stereocenters. The molecule has 0 saturated heterocycles. The number of aryl methyl sites for hydroxylation is 2. The maximum atomic E-state index is 12.6. The molecule has 0 atom stereocenters. The lowest BCUT2D eigenvalue weighted by Gasteiger charge is -2.09. The standard InChI is InChI=1S/C27H23N3O2/c1-17-8-11-22(12-9-17)30-18(2)14-21(19(30)3)16-28-29-27(31)26-15-24-23-7-5-4-6-20(23)10-13-25(24)32-26/h4-16H,1-3H3,(H,29,31)/b28-16-. The van der Waals surface area contributed by atoms with Crippen LogP contribution in [0.25, 0.3) is 27.4 Å². The maximum Gasteiger partial charge on any atom is 0.307 e. The smallest absolute Gasteiger partial charge is 0.307 e. The maximum absolute atomic E-state index is 12.6. The second-order valence-corrected chi connectivity index (χ2v) is 8.01. The van der Waals surface area contributed by atoms with Crippen LogP contribution in [0.2, 0.25) is 0 Å². The number of amides is 1. The van der Waals surface area contributed by atoms with Gasteiger partial charge in [0.2, 0.25) is 0 Å². The van der Waals surface area contributed by atoms with Crippen LogP contribution in [0.5, 0.6) is 0 Å². The number of carbonyl (C=O) groups excluding carboxylic acids is 1. The average molecular weight is 422 g/mol. The zero-order valence-corrected chi connectivity index (χ0v) is 18.2. The molecule has 5 nitrogen and oxygen atoms in total. The van der Waals surface area contributed by atoms with Crippen LogP contribution in [0.4, 0.5) is 0 Å². The van der Waals surface area contributed by atoms with Gasteiger partial charge in [-0.05, 0) is 61.9 Å². The van der Waals surface area contributed by atoms with Crippen molar-refractivity contribution in [3.8, 4) is 5.69 Å². The predicted molar refractivity (Wildman–Crippen MR) is 129 cm³/mol. The quantitative estimate of drug-likeness (QED) is 0.283. The number of fused-ring (bicyclic) bond motifs is 3. The van der Waals surface area contributed by atoms with Gasteiger partial charge in [-0.25, -0.2) is 5.43 Å². The number of carbonyl (C=O) groups is 1. The van der Waals surface area contributed by atoms with Gasteiger partial charge in [0.25, 0.3) is 0 Å². The molecule has 0 aliphatic heterocycles. The summed E-state index contributed by atoms with van der Waals surface area (Å²) in [6, 6.07) is 24.1. The highest BCUT2D eigenvalue weighted by molar-refractivity contribution is 6.08. The van der Waals surface area contributed by atoms with Crippen molar-refractivity contribution in [1.82, 2.24) is 9.99 Å². The van der Waals surface area contributed by atoms with E-state index in [1.165, 1.54) is 5.56 Å². The van der Waals surface area contributed by atoms with Gasteiger partial charge in [-0.1, -0.05) is 48.0 Å². The molecule has 0 fully saturated rings. The fourth-order valence-electron chi connectivity index (χ4n) is 4.13. The van der Waals surface area contributed by atoms with Gasteiger partial charge in [0, 0.05) is 28.0 Å². The minimum Gasteiger partial charge on any atom is -0.451 e. The van der Waals surface area contributed by atoms with Crippen molar-refractivity contribution >= 4 is 33.9 Å². The first-order valence-electron chi connectivity index (χ1n) is 10.5. The summed E-state index contributed by atoms with van der Waals surface area (Å²) in [5, 5.41) is 7.25. The monoisotopic (exact) mass is 421 g/mol. The van der Waals surface area contributed by atoms with E-state index in [0.717, 1.165) is 38.8 Å². The Labute approximate surface area is 186 Å². The normalized spacial score (nSPS) is 11.6. The summed E-state index contributed by atoms with van der Waals surface area (Å²) in [5.74, 6) is -0.146. The van der Waals surface area contributed by atoms with Crippen molar-refractivity contribution in [2.45, 2.75) is 20.8 Å². The topological polar surface area (TPSA) is 59.5 Å². The van der Waals surface area contributed by atoms with E-state index in [2.05, 4.69) is 59.3 Å². The number of aromatic nitrogens is 1. The Morgan fingerprint density at radius 3 is 2.53 bits per heavy atom. The molecule has 0 saturated carbocycles. The number of nitrogens with zero attached hydrogens (tertiary/aromatic N) is 2. The molecule has 3 aromatic carbocycles. The second kappa shape index (κ2) is 7.85. The molecule has 0 bridgehead atoms. The lowest BCUT2D eigenvalue weighted by atomic mass is 10.1. The number of benzene rings is 3. The number of rotatable bonds is 4. The summed E-state index contributed by atoms with van der Waals surface area (Å²) < 4.78 is 7.94. The van der Waals surface area contributed by atoms with E-state index in [0.29, 0.717) is 5.58 Å². The third kappa shape index (κ3) is 3.48. The first kappa shape index (κ1) is 19.8. The van der Waals surface area contributed by atoms with E-state index < -0.39 is 0 Å². The molecule has 1 N–H and O–H groups in total. The van der Waals surface area contributed by atoms with E-state index in [1.807, 2.05) is 43.3 Å². The summed E-state index contributed by atoms with van der Waals surface area (Å²) in [7, 11) is 0. The zero-order chi connectivity index (χ0) is 22.2. The Hall–Kier alpha value is -4.12. The Kier molecular flexibility index (Phi) is 4.86. The zero-order valence-electron chi connectivity index (χ0n) is 18.2. The Morgan fingerprint density at radius 2 is 1.72 bits per heavy atom.